The smallest absolute Gasteiger partial charge is 0.333 e. The number of fused-ring (bicyclic) bond motifs is 12. The summed E-state index contributed by atoms with van der Waals surface area (Å²) in [5, 5.41) is 2.76. The second-order valence-electron chi connectivity index (χ2n) is 26.1. The number of benzene rings is 7. The maximum atomic E-state index is 2.76. The number of thiophene rings is 1. The van der Waals surface area contributed by atoms with Gasteiger partial charge in [-0.3, -0.25) is 0 Å². The SMILES string of the molecule is CC(C)(C)c1ccc(N2B3c4cc(C(C)(C)C)ccc4N(c4ccc(C(C)(C)C)cc4)c4c3c(cc3c4C(C)(C)c4ccccc4-3)-c3cc4sc5cc6c(cc5c4cc32)C(C)(C)CCC6(C)C)cc1. The van der Waals surface area contributed by atoms with E-state index in [1.165, 1.54) is 134 Å². The summed E-state index contributed by atoms with van der Waals surface area (Å²) in [5.41, 5.74) is 24.4. The van der Waals surface area contributed by atoms with Crippen LogP contribution in [0.1, 0.15) is 156 Å². The Morgan fingerprint density at radius 1 is 0.478 bits per heavy atom. The number of anilines is 5. The first-order valence-electron chi connectivity index (χ1n) is 25.7. The van der Waals surface area contributed by atoms with Crippen molar-refractivity contribution in [2.45, 2.75) is 149 Å². The molecule has 2 aliphatic heterocycles. The molecule has 0 bridgehead atoms. The number of hydrogen-bond donors (Lipinski definition) is 0. The normalized spacial score (nSPS) is 17.3. The Morgan fingerprint density at radius 3 is 1.65 bits per heavy atom. The molecule has 8 aromatic rings. The van der Waals surface area contributed by atoms with Gasteiger partial charge in [-0.05, 0) is 167 Å². The van der Waals surface area contributed by atoms with Crippen LogP contribution in [-0.2, 0) is 32.5 Å². The largest absolute Gasteiger partial charge is 0.376 e. The number of hydrogen-bond acceptors (Lipinski definition) is 3. The lowest BCUT2D eigenvalue weighted by Gasteiger charge is -2.48. The molecule has 4 aliphatic rings. The van der Waals surface area contributed by atoms with Crippen LogP contribution in [0.25, 0.3) is 42.4 Å². The lowest BCUT2D eigenvalue weighted by atomic mass is 9.42. The van der Waals surface area contributed by atoms with Crippen LogP contribution in [0.3, 0.4) is 0 Å². The van der Waals surface area contributed by atoms with Crippen molar-refractivity contribution in [3.8, 4) is 22.3 Å². The first-order valence-corrected chi connectivity index (χ1v) is 26.5. The van der Waals surface area contributed by atoms with E-state index in [1.54, 1.807) is 0 Å². The lowest BCUT2D eigenvalue weighted by Crippen LogP contribution is -2.62. The van der Waals surface area contributed by atoms with Crippen molar-refractivity contribution in [3.05, 3.63) is 160 Å². The highest BCUT2D eigenvalue weighted by molar-refractivity contribution is 7.25. The molecule has 7 aromatic carbocycles. The predicted octanol–water partition coefficient (Wildman–Crippen LogP) is 17.3. The summed E-state index contributed by atoms with van der Waals surface area (Å²) < 4.78 is 2.76. The van der Waals surface area contributed by atoms with Gasteiger partial charge in [0, 0.05) is 59.6 Å². The quantitative estimate of drug-likeness (QED) is 0.159. The van der Waals surface area contributed by atoms with Crippen molar-refractivity contribution >= 4 is 77.7 Å². The van der Waals surface area contributed by atoms with Gasteiger partial charge in [0.2, 0.25) is 0 Å². The second kappa shape index (κ2) is 14.3. The first-order chi connectivity index (χ1) is 32.3. The van der Waals surface area contributed by atoms with Gasteiger partial charge < -0.3 is 9.71 Å². The van der Waals surface area contributed by atoms with Gasteiger partial charge in [-0.2, -0.15) is 0 Å². The fraction of sp³-hybridized carbons (Fsp3) is 0.354. The van der Waals surface area contributed by atoms with Crippen LogP contribution >= 0.6 is 11.3 Å². The van der Waals surface area contributed by atoms with E-state index in [1.807, 2.05) is 11.3 Å². The molecule has 0 saturated carbocycles. The van der Waals surface area contributed by atoms with Crippen molar-refractivity contribution in [3.63, 3.8) is 0 Å². The molecular weight excluding hydrogens is 852 g/mol. The molecular formula is C65H69BN2S. The summed E-state index contributed by atoms with van der Waals surface area (Å²) in [7, 11) is 0. The zero-order valence-electron chi connectivity index (χ0n) is 43.8. The molecule has 348 valence electrons. The molecule has 12 rings (SSSR count). The molecule has 1 aromatic heterocycles. The van der Waals surface area contributed by atoms with Crippen LogP contribution in [0.15, 0.2) is 121 Å². The van der Waals surface area contributed by atoms with Gasteiger partial charge in [0.15, 0.2) is 0 Å². The van der Waals surface area contributed by atoms with Gasteiger partial charge in [0.05, 0.1) is 0 Å². The highest BCUT2D eigenvalue weighted by Crippen LogP contribution is 2.59. The van der Waals surface area contributed by atoms with Crippen LogP contribution in [0, 0.1) is 0 Å². The summed E-state index contributed by atoms with van der Waals surface area (Å²) >= 11 is 1.99. The van der Waals surface area contributed by atoms with Crippen molar-refractivity contribution in [1.82, 2.24) is 0 Å². The van der Waals surface area contributed by atoms with Gasteiger partial charge in [-0.15, -0.1) is 11.3 Å². The van der Waals surface area contributed by atoms with Gasteiger partial charge in [-0.25, -0.2) is 0 Å². The standard InChI is InChI=1S/C65H69BN2S/c1-60(2,3)38-20-25-41(26-21-38)67-53-29-24-40(62(7,8)9)32-52(53)66-58-48(33-47-43-18-16-17-19-49(43)65(14,15)57(47)59(58)67)44-36-55-46(35-54(44)68(66)42-27-22-39(23-28-42)61(4,5)6)45-34-50-51(37-56(45)69-55)64(12,13)31-30-63(50,10)11/h16-29,32-37H,30-31H2,1-15H3. The Labute approximate surface area is 416 Å². The summed E-state index contributed by atoms with van der Waals surface area (Å²) in [4.78, 5) is 5.43. The second-order valence-corrected chi connectivity index (χ2v) is 27.2. The van der Waals surface area contributed by atoms with E-state index in [9.17, 15) is 0 Å². The number of rotatable bonds is 2. The minimum absolute atomic E-state index is 0.0323. The van der Waals surface area contributed by atoms with E-state index >= 15 is 0 Å². The third kappa shape index (κ3) is 6.49. The summed E-state index contributed by atoms with van der Waals surface area (Å²) in [5.74, 6) is 0. The fourth-order valence-corrected chi connectivity index (χ4v) is 14.0. The highest BCUT2D eigenvalue weighted by Gasteiger charge is 2.51. The first kappa shape index (κ1) is 44.6. The molecule has 0 saturated heterocycles. The predicted molar refractivity (Wildman–Crippen MR) is 302 cm³/mol. The number of nitrogens with zero attached hydrogens (tertiary/aromatic N) is 2. The molecule has 3 heterocycles. The molecule has 0 radical (unpaired) electrons. The van der Waals surface area contributed by atoms with Gasteiger partial charge in [-0.1, -0.05) is 165 Å². The van der Waals surface area contributed by atoms with Gasteiger partial charge in [0.1, 0.15) is 0 Å². The summed E-state index contributed by atoms with van der Waals surface area (Å²) in [6.45, 7) is 35.7. The molecule has 2 nitrogen and oxygen atoms in total. The minimum Gasteiger partial charge on any atom is -0.376 e. The van der Waals surface area contributed by atoms with E-state index in [0.717, 1.165) is 0 Å². The lowest BCUT2D eigenvalue weighted by molar-refractivity contribution is 0.332. The summed E-state index contributed by atoms with van der Waals surface area (Å²) in [6.07, 6.45) is 2.41. The average molecular weight is 921 g/mol. The van der Waals surface area contributed by atoms with Crippen LogP contribution < -0.4 is 20.6 Å². The van der Waals surface area contributed by atoms with Crippen molar-refractivity contribution in [2.75, 3.05) is 9.71 Å². The molecule has 0 amide bonds. The van der Waals surface area contributed by atoms with Crippen LogP contribution in [0.2, 0.25) is 0 Å². The fourth-order valence-electron chi connectivity index (χ4n) is 12.9. The third-order valence-electron chi connectivity index (χ3n) is 17.2. The van der Waals surface area contributed by atoms with E-state index in [2.05, 4.69) is 235 Å². The Morgan fingerprint density at radius 2 is 1.03 bits per heavy atom. The van der Waals surface area contributed by atoms with Crippen molar-refractivity contribution in [2.24, 2.45) is 0 Å². The minimum atomic E-state index is -0.247. The Bertz CT molecular complexity index is 3470. The van der Waals surface area contributed by atoms with E-state index in [4.69, 9.17) is 0 Å². The molecule has 2 aliphatic carbocycles. The molecule has 0 unspecified atom stereocenters. The van der Waals surface area contributed by atoms with Crippen molar-refractivity contribution < 1.29 is 0 Å². The van der Waals surface area contributed by atoms with Gasteiger partial charge in [0.25, 0.3) is 0 Å². The van der Waals surface area contributed by atoms with E-state index in [-0.39, 0.29) is 39.3 Å². The molecule has 4 heteroatoms. The van der Waals surface area contributed by atoms with Crippen LogP contribution in [0.4, 0.5) is 28.4 Å². The Hall–Kier alpha value is -5.58. The maximum absolute atomic E-state index is 2.76. The summed E-state index contributed by atoms with van der Waals surface area (Å²) in [6, 6.07) is 48.8. The zero-order chi connectivity index (χ0) is 48.7. The Kier molecular flexibility index (Phi) is 9.24. The maximum Gasteiger partial charge on any atom is 0.333 e. The van der Waals surface area contributed by atoms with E-state index in [0.29, 0.717) is 0 Å². The topological polar surface area (TPSA) is 6.48 Å². The van der Waals surface area contributed by atoms with Crippen LogP contribution in [0.5, 0.6) is 0 Å². The zero-order valence-corrected chi connectivity index (χ0v) is 44.7. The van der Waals surface area contributed by atoms with Crippen molar-refractivity contribution in [1.29, 1.82) is 0 Å². The monoisotopic (exact) mass is 921 g/mol. The Balaban J connectivity index is 1.24. The van der Waals surface area contributed by atoms with Gasteiger partial charge >= 0.3 is 6.85 Å². The van der Waals surface area contributed by atoms with Crippen LogP contribution in [-0.4, -0.2) is 6.85 Å². The highest BCUT2D eigenvalue weighted by atomic mass is 32.1. The molecule has 69 heavy (non-hydrogen) atoms. The molecule has 0 fully saturated rings. The molecule has 0 atom stereocenters. The van der Waals surface area contributed by atoms with E-state index < -0.39 is 0 Å². The third-order valence-corrected chi connectivity index (χ3v) is 18.3. The average Bonchev–Trinajstić information content (AvgIpc) is 3.76. The molecule has 0 spiro atoms. The molecule has 0 N–H and O–H groups in total.